The lowest BCUT2D eigenvalue weighted by Crippen LogP contribution is -2.61. The number of likely N-dealkylation sites (N-methyl/N-ethyl adjacent to an activating group) is 1. The number of hydrogen-bond donors (Lipinski definition) is 2. The third-order valence-corrected chi connectivity index (χ3v) is 3.63. The Kier molecular flexibility index (Phi) is 3.93. The fourth-order valence-corrected chi connectivity index (χ4v) is 2.05. The van der Waals surface area contributed by atoms with E-state index in [1.165, 1.54) is 0 Å². The minimum atomic E-state index is 0.280. The molecule has 0 spiro atoms. The number of hydrogen-bond acceptors (Lipinski definition) is 3. The molecule has 3 unspecified atom stereocenters. The standard InChI is InChI=1S/C11H24N2O/c1-8(12-4)7-13-9-6-10(14-5)11(9,2)3/h8-10,12-13H,6-7H2,1-5H3. The zero-order valence-electron chi connectivity index (χ0n) is 10.1. The lowest BCUT2D eigenvalue weighted by molar-refractivity contribution is -0.0975. The van der Waals surface area contributed by atoms with Crippen molar-refractivity contribution in [1.82, 2.24) is 10.6 Å². The van der Waals surface area contributed by atoms with E-state index >= 15 is 0 Å². The summed E-state index contributed by atoms with van der Waals surface area (Å²) in [6, 6.07) is 1.13. The van der Waals surface area contributed by atoms with Crippen LogP contribution in [0.15, 0.2) is 0 Å². The topological polar surface area (TPSA) is 33.3 Å². The van der Waals surface area contributed by atoms with E-state index in [4.69, 9.17) is 4.74 Å². The SMILES string of the molecule is CNC(C)CNC1CC(OC)C1(C)C. The third-order valence-electron chi connectivity index (χ3n) is 3.63. The van der Waals surface area contributed by atoms with Crippen molar-refractivity contribution in [1.29, 1.82) is 0 Å². The summed E-state index contributed by atoms with van der Waals surface area (Å²) in [5, 5.41) is 6.81. The van der Waals surface area contributed by atoms with Gasteiger partial charge in [0.1, 0.15) is 0 Å². The molecule has 0 saturated heterocycles. The Morgan fingerprint density at radius 2 is 2.14 bits per heavy atom. The van der Waals surface area contributed by atoms with Gasteiger partial charge in [0.05, 0.1) is 6.10 Å². The minimum absolute atomic E-state index is 0.280. The maximum Gasteiger partial charge on any atom is 0.0652 e. The van der Waals surface area contributed by atoms with Crippen molar-refractivity contribution in [3.63, 3.8) is 0 Å². The molecule has 1 fully saturated rings. The van der Waals surface area contributed by atoms with E-state index in [9.17, 15) is 0 Å². The minimum Gasteiger partial charge on any atom is -0.381 e. The maximum atomic E-state index is 5.41. The fraction of sp³-hybridized carbons (Fsp3) is 1.00. The van der Waals surface area contributed by atoms with Crippen LogP contribution in [0.25, 0.3) is 0 Å². The normalized spacial score (nSPS) is 32.4. The highest BCUT2D eigenvalue weighted by Gasteiger charge is 2.48. The molecule has 84 valence electrons. The zero-order valence-corrected chi connectivity index (χ0v) is 10.1. The van der Waals surface area contributed by atoms with Gasteiger partial charge in [-0.05, 0) is 20.4 Å². The van der Waals surface area contributed by atoms with Crippen LogP contribution in [0, 0.1) is 5.41 Å². The molecule has 1 saturated carbocycles. The van der Waals surface area contributed by atoms with E-state index in [1.54, 1.807) is 7.11 Å². The monoisotopic (exact) mass is 200 g/mol. The number of ether oxygens (including phenoxy) is 1. The molecule has 0 aromatic rings. The van der Waals surface area contributed by atoms with Crippen LogP contribution in [0.4, 0.5) is 0 Å². The quantitative estimate of drug-likeness (QED) is 0.694. The molecule has 0 bridgehead atoms. The van der Waals surface area contributed by atoms with Crippen molar-refractivity contribution in [3.8, 4) is 0 Å². The highest BCUT2D eigenvalue weighted by atomic mass is 16.5. The summed E-state index contributed by atoms with van der Waals surface area (Å²) in [4.78, 5) is 0. The van der Waals surface area contributed by atoms with Crippen LogP contribution in [0.2, 0.25) is 0 Å². The van der Waals surface area contributed by atoms with E-state index in [0.29, 0.717) is 18.2 Å². The molecule has 0 aliphatic heterocycles. The van der Waals surface area contributed by atoms with Crippen molar-refractivity contribution in [2.45, 2.75) is 45.4 Å². The molecule has 3 heteroatoms. The van der Waals surface area contributed by atoms with E-state index in [1.807, 2.05) is 7.05 Å². The van der Waals surface area contributed by atoms with Gasteiger partial charge in [-0.1, -0.05) is 13.8 Å². The van der Waals surface area contributed by atoms with Crippen molar-refractivity contribution < 1.29 is 4.74 Å². The molecule has 1 aliphatic carbocycles. The summed E-state index contributed by atoms with van der Waals surface area (Å²) in [5.74, 6) is 0. The molecular weight excluding hydrogens is 176 g/mol. The molecule has 1 rings (SSSR count). The van der Waals surface area contributed by atoms with Gasteiger partial charge in [-0.3, -0.25) is 0 Å². The van der Waals surface area contributed by atoms with Gasteiger partial charge < -0.3 is 15.4 Å². The number of nitrogens with one attached hydrogen (secondary N) is 2. The molecule has 0 aromatic carbocycles. The Morgan fingerprint density at radius 3 is 2.57 bits per heavy atom. The molecule has 1 aliphatic rings. The van der Waals surface area contributed by atoms with E-state index in [0.717, 1.165) is 13.0 Å². The Hall–Kier alpha value is -0.120. The Labute approximate surface area is 87.6 Å². The molecular formula is C11H24N2O. The van der Waals surface area contributed by atoms with Gasteiger partial charge in [-0.2, -0.15) is 0 Å². The highest BCUT2D eigenvalue weighted by Crippen LogP contribution is 2.42. The van der Waals surface area contributed by atoms with Gasteiger partial charge in [-0.15, -0.1) is 0 Å². The van der Waals surface area contributed by atoms with Gasteiger partial charge >= 0.3 is 0 Å². The van der Waals surface area contributed by atoms with Crippen LogP contribution in [-0.2, 0) is 4.74 Å². The zero-order chi connectivity index (χ0) is 10.8. The van der Waals surface area contributed by atoms with Gasteiger partial charge in [-0.25, -0.2) is 0 Å². The first-order valence-corrected chi connectivity index (χ1v) is 5.45. The van der Waals surface area contributed by atoms with Crippen LogP contribution >= 0.6 is 0 Å². The average molecular weight is 200 g/mol. The second-order valence-corrected chi connectivity index (χ2v) is 4.93. The maximum absolute atomic E-state index is 5.41. The summed E-state index contributed by atoms with van der Waals surface area (Å²) in [5.41, 5.74) is 0.280. The number of methoxy groups -OCH3 is 1. The highest BCUT2D eigenvalue weighted by molar-refractivity contribution is 5.02. The lowest BCUT2D eigenvalue weighted by Gasteiger charge is -2.51. The van der Waals surface area contributed by atoms with Crippen LogP contribution in [0.3, 0.4) is 0 Å². The summed E-state index contributed by atoms with van der Waals surface area (Å²) in [6.45, 7) is 7.76. The Bertz CT molecular complexity index is 182. The first-order valence-electron chi connectivity index (χ1n) is 5.45. The molecule has 3 nitrogen and oxygen atoms in total. The van der Waals surface area contributed by atoms with Crippen LogP contribution in [0.5, 0.6) is 0 Å². The van der Waals surface area contributed by atoms with Crippen LogP contribution < -0.4 is 10.6 Å². The first kappa shape index (κ1) is 12.0. The van der Waals surface area contributed by atoms with Gasteiger partial charge in [0.2, 0.25) is 0 Å². The molecule has 0 heterocycles. The van der Waals surface area contributed by atoms with Gasteiger partial charge in [0.15, 0.2) is 0 Å². The second-order valence-electron chi connectivity index (χ2n) is 4.93. The fourth-order valence-electron chi connectivity index (χ4n) is 2.05. The third kappa shape index (κ3) is 2.27. The molecule has 0 radical (unpaired) electrons. The van der Waals surface area contributed by atoms with Crippen molar-refractivity contribution in [2.75, 3.05) is 20.7 Å². The lowest BCUT2D eigenvalue weighted by atomic mass is 9.64. The average Bonchev–Trinajstić information content (AvgIpc) is 2.16. The summed E-state index contributed by atoms with van der Waals surface area (Å²) in [7, 11) is 3.80. The summed E-state index contributed by atoms with van der Waals surface area (Å²) < 4.78 is 5.41. The van der Waals surface area contributed by atoms with E-state index < -0.39 is 0 Å². The Morgan fingerprint density at radius 1 is 1.50 bits per heavy atom. The van der Waals surface area contributed by atoms with Crippen LogP contribution in [0.1, 0.15) is 27.2 Å². The molecule has 0 aromatic heterocycles. The smallest absolute Gasteiger partial charge is 0.0652 e. The summed E-state index contributed by atoms with van der Waals surface area (Å²) >= 11 is 0. The van der Waals surface area contributed by atoms with E-state index in [2.05, 4.69) is 31.4 Å². The molecule has 3 atom stereocenters. The van der Waals surface area contributed by atoms with Crippen molar-refractivity contribution in [3.05, 3.63) is 0 Å². The second kappa shape index (κ2) is 4.60. The molecule has 14 heavy (non-hydrogen) atoms. The Balaban J connectivity index is 2.28. The predicted octanol–water partition coefficient (Wildman–Crippen LogP) is 0.997. The molecule has 2 N–H and O–H groups in total. The predicted molar refractivity (Wildman–Crippen MR) is 59.5 cm³/mol. The molecule has 0 amide bonds. The van der Waals surface area contributed by atoms with Crippen LogP contribution in [-0.4, -0.2) is 38.9 Å². The summed E-state index contributed by atoms with van der Waals surface area (Å²) in [6.07, 6.45) is 1.56. The van der Waals surface area contributed by atoms with Gasteiger partial charge in [0, 0.05) is 31.2 Å². The van der Waals surface area contributed by atoms with Crippen molar-refractivity contribution >= 4 is 0 Å². The van der Waals surface area contributed by atoms with E-state index in [-0.39, 0.29) is 5.41 Å². The first-order chi connectivity index (χ1) is 6.52. The van der Waals surface area contributed by atoms with Crippen molar-refractivity contribution in [2.24, 2.45) is 5.41 Å². The van der Waals surface area contributed by atoms with Gasteiger partial charge in [0.25, 0.3) is 0 Å². The number of rotatable bonds is 5. The largest absolute Gasteiger partial charge is 0.381 e.